The lowest BCUT2D eigenvalue weighted by Crippen LogP contribution is -2.24. The molecule has 2 saturated carbocycles. The molecule has 0 aromatic carbocycles. The maximum absolute atomic E-state index is 9.50. The number of nitrogens with one attached hydrogen (secondary N) is 3. The van der Waals surface area contributed by atoms with Crippen molar-refractivity contribution in [2.24, 2.45) is 11.8 Å². The van der Waals surface area contributed by atoms with E-state index in [1.54, 1.807) is 24.0 Å². The number of anilines is 3. The van der Waals surface area contributed by atoms with Crippen LogP contribution in [0.3, 0.4) is 0 Å². The molecule has 3 atom stereocenters. The van der Waals surface area contributed by atoms with E-state index in [4.69, 9.17) is 11.6 Å². The molecule has 2 aromatic heterocycles. The maximum Gasteiger partial charge on any atom is 0.229 e. The summed E-state index contributed by atoms with van der Waals surface area (Å²) in [4.78, 5) is 8.88. The normalized spacial score (nSPS) is 26.7. The first-order valence-electron chi connectivity index (χ1n) is 11.0. The third-order valence-electron chi connectivity index (χ3n) is 6.07. The Kier molecular flexibility index (Phi) is 6.25. The molecule has 168 valence electrons. The summed E-state index contributed by atoms with van der Waals surface area (Å²) >= 11 is 8.20. The van der Waals surface area contributed by atoms with E-state index < -0.39 is 6.10 Å². The Morgan fingerprint density at radius 3 is 2.71 bits per heavy atom. The summed E-state index contributed by atoms with van der Waals surface area (Å²) in [6, 6.07) is 1.11. The van der Waals surface area contributed by atoms with Crippen molar-refractivity contribution in [3.8, 4) is 0 Å². The van der Waals surface area contributed by atoms with E-state index in [1.807, 2.05) is 18.3 Å². The predicted molar refractivity (Wildman–Crippen MR) is 123 cm³/mol. The lowest BCUT2D eigenvalue weighted by atomic mass is 10.0. The van der Waals surface area contributed by atoms with Gasteiger partial charge in [0.1, 0.15) is 5.02 Å². The van der Waals surface area contributed by atoms with Crippen LogP contribution in [0, 0.1) is 11.8 Å². The Morgan fingerprint density at radius 2 is 2.00 bits per heavy atom. The number of aromatic nitrogens is 4. The molecule has 0 amide bonds. The smallest absolute Gasteiger partial charge is 0.229 e. The van der Waals surface area contributed by atoms with Gasteiger partial charge in [0, 0.05) is 43.5 Å². The SMILES string of the molecule is CC(O)Cn1cc(Nc2ncc(Cl)c(NC3CC4CN(SNC5CC5)CC4C3)n2)cn1. The van der Waals surface area contributed by atoms with Gasteiger partial charge in [-0.3, -0.25) is 4.68 Å². The van der Waals surface area contributed by atoms with Crippen LogP contribution < -0.4 is 15.4 Å². The molecule has 0 bridgehead atoms. The van der Waals surface area contributed by atoms with Crippen LogP contribution in [-0.2, 0) is 6.54 Å². The van der Waals surface area contributed by atoms with E-state index in [9.17, 15) is 5.11 Å². The first-order valence-corrected chi connectivity index (χ1v) is 12.1. The van der Waals surface area contributed by atoms with Crippen molar-refractivity contribution in [1.29, 1.82) is 0 Å². The quantitative estimate of drug-likeness (QED) is 0.417. The number of fused-ring (bicyclic) bond motifs is 1. The summed E-state index contributed by atoms with van der Waals surface area (Å²) in [5.41, 5.74) is 0.765. The highest BCUT2D eigenvalue weighted by atomic mass is 35.5. The van der Waals surface area contributed by atoms with Crippen molar-refractivity contribution in [2.45, 2.75) is 57.3 Å². The zero-order valence-corrected chi connectivity index (χ0v) is 19.1. The number of nitrogens with zero attached hydrogens (tertiary/aromatic N) is 5. The highest BCUT2D eigenvalue weighted by Gasteiger charge is 2.41. The predicted octanol–water partition coefficient (Wildman–Crippen LogP) is 2.89. The van der Waals surface area contributed by atoms with Crippen LogP contribution in [0.15, 0.2) is 18.6 Å². The molecule has 31 heavy (non-hydrogen) atoms. The molecule has 1 saturated heterocycles. The topological polar surface area (TPSA) is 103 Å². The molecule has 5 rings (SSSR count). The molecule has 0 radical (unpaired) electrons. The van der Waals surface area contributed by atoms with E-state index in [2.05, 4.69) is 34.7 Å². The number of hydrogen-bond donors (Lipinski definition) is 4. The minimum Gasteiger partial charge on any atom is -0.391 e. The first kappa shape index (κ1) is 21.3. The van der Waals surface area contributed by atoms with Crippen molar-refractivity contribution < 1.29 is 5.11 Å². The van der Waals surface area contributed by atoms with Gasteiger partial charge in [-0.05, 0) is 44.4 Å². The van der Waals surface area contributed by atoms with Crippen molar-refractivity contribution in [1.82, 2.24) is 28.8 Å². The van der Waals surface area contributed by atoms with E-state index in [-0.39, 0.29) is 0 Å². The summed E-state index contributed by atoms with van der Waals surface area (Å²) in [5.74, 6) is 2.59. The van der Waals surface area contributed by atoms with E-state index in [1.165, 1.54) is 12.8 Å². The monoisotopic (exact) mass is 464 g/mol. The largest absolute Gasteiger partial charge is 0.391 e. The minimum absolute atomic E-state index is 0.382. The standard InChI is InChI=1S/C20H29ClN8OS/c1-12(30)8-28-11-17(6-23-28)25-20-22-7-18(21)19(26-20)24-16-4-13-9-29(10-14(13)5-16)31-27-15-2-3-15/h6-7,11-16,27,30H,2-5,8-10H2,1H3,(H2,22,24,25,26). The fourth-order valence-electron chi connectivity index (χ4n) is 4.45. The zero-order valence-electron chi connectivity index (χ0n) is 17.5. The number of hydrogen-bond acceptors (Lipinski definition) is 9. The Hall–Kier alpha value is -1.59. The Bertz CT molecular complexity index is 893. The molecule has 2 aromatic rings. The molecule has 1 aliphatic heterocycles. The summed E-state index contributed by atoms with van der Waals surface area (Å²) in [7, 11) is 0. The zero-order chi connectivity index (χ0) is 21.4. The van der Waals surface area contributed by atoms with Gasteiger partial charge >= 0.3 is 0 Å². The van der Waals surface area contributed by atoms with Crippen molar-refractivity contribution in [3.63, 3.8) is 0 Å². The molecule has 3 unspecified atom stereocenters. The van der Waals surface area contributed by atoms with E-state index in [0.29, 0.717) is 29.4 Å². The molecule has 11 heteroatoms. The molecular weight excluding hydrogens is 436 g/mol. The summed E-state index contributed by atoms with van der Waals surface area (Å²) in [6.07, 6.45) is 9.59. The lowest BCUT2D eigenvalue weighted by molar-refractivity contribution is 0.168. The second kappa shape index (κ2) is 9.11. The van der Waals surface area contributed by atoms with Crippen LogP contribution in [0.2, 0.25) is 5.02 Å². The van der Waals surface area contributed by atoms with Crippen molar-refractivity contribution in [2.75, 3.05) is 23.7 Å². The molecule has 9 nitrogen and oxygen atoms in total. The van der Waals surface area contributed by atoms with E-state index >= 15 is 0 Å². The van der Waals surface area contributed by atoms with Gasteiger partial charge in [0.15, 0.2) is 5.82 Å². The molecule has 3 aliphatic rings. The first-order chi connectivity index (χ1) is 15.0. The van der Waals surface area contributed by atoms with Gasteiger partial charge < -0.3 is 15.7 Å². The fourth-order valence-corrected chi connectivity index (χ4v) is 5.66. The summed E-state index contributed by atoms with van der Waals surface area (Å²) < 4.78 is 7.72. The Labute approximate surface area is 191 Å². The molecule has 3 heterocycles. The maximum atomic E-state index is 9.50. The second-order valence-electron chi connectivity index (χ2n) is 8.98. The van der Waals surface area contributed by atoms with Crippen molar-refractivity contribution in [3.05, 3.63) is 23.6 Å². The molecule has 3 fully saturated rings. The summed E-state index contributed by atoms with van der Waals surface area (Å²) in [6.45, 7) is 4.46. The number of aliphatic hydroxyl groups excluding tert-OH is 1. The van der Waals surface area contributed by atoms with Crippen LogP contribution >= 0.6 is 23.7 Å². The molecule has 4 N–H and O–H groups in total. The van der Waals surface area contributed by atoms with Gasteiger partial charge in [-0.15, -0.1) is 0 Å². The third kappa shape index (κ3) is 5.43. The minimum atomic E-state index is -0.457. The number of halogens is 1. The van der Waals surface area contributed by atoms with Crippen LogP contribution in [0.25, 0.3) is 0 Å². The van der Waals surface area contributed by atoms with Gasteiger partial charge in [0.25, 0.3) is 0 Å². The van der Waals surface area contributed by atoms with Crippen LogP contribution in [-0.4, -0.2) is 60.4 Å². The van der Waals surface area contributed by atoms with Gasteiger partial charge in [-0.2, -0.15) is 10.1 Å². The summed E-state index contributed by atoms with van der Waals surface area (Å²) in [5, 5.41) is 21.0. The van der Waals surface area contributed by atoms with Crippen LogP contribution in [0.1, 0.15) is 32.6 Å². The molecular formula is C20H29ClN8OS. The average molecular weight is 465 g/mol. The Morgan fingerprint density at radius 1 is 1.23 bits per heavy atom. The highest BCUT2D eigenvalue weighted by Crippen LogP contribution is 2.41. The van der Waals surface area contributed by atoms with Crippen molar-refractivity contribution >= 4 is 41.2 Å². The molecule has 0 spiro atoms. The van der Waals surface area contributed by atoms with Gasteiger partial charge in [0.2, 0.25) is 5.95 Å². The fraction of sp³-hybridized carbons (Fsp3) is 0.650. The van der Waals surface area contributed by atoms with Crippen LogP contribution in [0.5, 0.6) is 0 Å². The lowest BCUT2D eigenvalue weighted by Gasteiger charge is -2.19. The highest BCUT2D eigenvalue weighted by molar-refractivity contribution is 7.95. The number of aliphatic hydroxyl groups is 1. The average Bonchev–Trinajstić information content (AvgIpc) is 3.15. The molecule has 2 aliphatic carbocycles. The van der Waals surface area contributed by atoms with Crippen LogP contribution in [0.4, 0.5) is 17.5 Å². The Balaban J connectivity index is 1.15. The number of rotatable bonds is 9. The second-order valence-corrected chi connectivity index (χ2v) is 10.3. The van der Waals surface area contributed by atoms with Gasteiger partial charge in [0.05, 0.1) is 30.7 Å². The van der Waals surface area contributed by atoms with E-state index in [0.717, 1.165) is 49.5 Å². The van der Waals surface area contributed by atoms with Gasteiger partial charge in [-0.25, -0.2) is 14.0 Å². The third-order valence-corrected chi connectivity index (χ3v) is 7.34. The van der Waals surface area contributed by atoms with Gasteiger partial charge in [-0.1, -0.05) is 11.6 Å².